The quantitative estimate of drug-likeness (QED) is 0.608. The molecule has 0 aliphatic carbocycles. The van der Waals surface area contributed by atoms with Crippen LogP contribution in [0, 0.1) is 18.8 Å². The molecular weight excluding hydrogens is 186 g/mol. The number of benzene rings is 1. The van der Waals surface area contributed by atoms with Crippen molar-refractivity contribution in [2.45, 2.75) is 27.7 Å². The maximum Gasteiger partial charge on any atom is 0.165 e. The summed E-state index contributed by atoms with van der Waals surface area (Å²) in [6.45, 7) is 8.02. The van der Waals surface area contributed by atoms with Gasteiger partial charge in [0.1, 0.15) is 0 Å². The fourth-order valence-electron chi connectivity index (χ4n) is 1.39. The fourth-order valence-corrected chi connectivity index (χ4v) is 1.39. The molecule has 0 heterocycles. The zero-order valence-electron chi connectivity index (χ0n) is 9.87. The van der Waals surface area contributed by atoms with E-state index in [0.717, 1.165) is 16.8 Å². The number of nitrogen functional groups attached to an aromatic ring is 1. The van der Waals surface area contributed by atoms with Crippen LogP contribution < -0.4 is 5.73 Å². The zero-order valence-corrected chi connectivity index (χ0v) is 9.87. The normalized spacial score (nSPS) is 12.9. The Morgan fingerprint density at radius 3 is 2.33 bits per heavy atom. The summed E-state index contributed by atoms with van der Waals surface area (Å²) in [4.78, 5) is 12.0. The summed E-state index contributed by atoms with van der Waals surface area (Å²) in [6.07, 6.45) is 0. The Hall–Kier alpha value is -1.31. The number of ketones is 1. The molecule has 82 valence electrons. The molecule has 1 aromatic rings. The van der Waals surface area contributed by atoms with Crippen LogP contribution in [0.3, 0.4) is 0 Å². The first-order chi connectivity index (χ1) is 6.93. The second kappa shape index (κ2) is 4.47. The first-order valence-corrected chi connectivity index (χ1v) is 5.33. The van der Waals surface area contributed by atoms with Gasteiger partial charge >= 0.3 is 0 Å². The van der Waals surface area contributed by atoms with Crippen LogP contribution in [0.25, 0.3) is 0 Å². The Labute approximate surface area is 91.5 Å². The predicted molar refractivity (Wildman–Crippen MR) is 63.9 cm³/mol. The van der Waals surface area contributed by atoms with Crippen molar-refractivity contribution in [3.05, 3.63) is 29.3 Å². The maximum absolute atomic E-state index is 12.0. The van der Waals surface area contributed by atoms with Gasteiger partial charge in [-0.1, -0.05) is 20.8 Å². The lowest BCUT2D eigenvalue weighted by molar-refractivity contribution is 0.0899. The number of anilines is 1. The number of hydrogen-bond acceptors (Lipinski definition) is 2. The van der Waals surface area contributed by atoms with Gasteiger partial charge in [-0.15, -0.1) is 0 Å². The molecule has 0 aliphatic rings. The van der Waals surface area contributed by atoms with Gasteiger partial charge in [0.2, 0.25) is 0 Å². The standard InChI is InChI=1S/C13H19NO/c1-8(2)10(4)13(15)11-5-6-12(14)9(3)7-11/h5-8,10H,14H2,1-4H3. The molecule has 2 heteroatoms. The van der Waals surface area contributed by atoms with Gasteiger partial charge in [-0.05, 0) is 36.6 Å². The summed E-state index contributed by atoms with van der Waals surface area (Å²) in [6, 6.07) is 5.48. The van der Waals surface area contributed by atoms with Gasteiger partial charge < -0.3 is 5.73 Å². The highest BCUT2D eigenvalue weighted by Gasteiger charge is 2.18. The van der Waals surface area contributed by atoms with Gasteiger partial charge in [0.15, 0.2) is 5.78 Å². The first kappa shape index (κ1) is 11.8. The van der Waals surface area contributed by atoms with Crippen LogP contribution >= 0.6 is 0 Å². The smallest absolute Gasteiger partial charge is 0.165 e. The number of carbonyl (C=O) groups is 1. The van der Waals surface area contributed by atoms with Crippen molar-refractivity contribution in [3.63, 3.8) is 0 Å². The number of rotatable bonds is 3. The summed E-state index contributed by atoms with van der Waals surface area (Å²) in [5.41, 5.74) is 8.19. The number of Topliss-reactive ketones (excluding diaryl/α,β-unsaturated/α-hetero) is 1. The van der Waals surface area contributed by atoms with E-state index in [9.17, 15) is 4.79 Å². The average molecular weight is 205 g/mol. The molecular formula is C13H19NO. The maximum atomic E-state index is 12.0. The highest BCUT2D eigenvalue weighted by Crippen LogP contribution is 2.19. The molecule has 0 saturated heterocycles. The summed E-state index contributed by atoms with van der Waals surface area (Å²) in [5.74, 6) is 0.636. The molecule has 0 spiro atoms. The number of hydrogen-bond donors (Lipinski definition) is 1. The molecule has 15 heavy (non-hydrogen) atoms. The van der Waals surface area contributed by atoms with E-state index in [2.05, 4.69) is 13.8 Å². The topological polar surface area (TPSA) is 43.1 Å². The minimum Gasteiger partial charge on any atom is -0.399 e. The van der Waals surface area contributed by atoms with Crippen LogP contribution in [-0.2, 0) is 0 Å². The minimum atomic E-state index is 0.0630. The van der Waals surface area contributed by atoms with Crippen molar-refractivity contribution in [3.8, 4) is 0 Å². The largest absolute Gasteiger partial charge is 0.399 e. The lowest BCUT2D eigenvalue weighted by atomic mass is 9.89. The molecule has 0 amide bonds. The molecule has 1 atom stereocenters. The van der Waals surface area contributed by atoms with Crippen LogP contribution in [0.4, 0.5) is 5.69 Å². The molecule has 2 N–H and O–H groups in total. The van der Waals surface area contributed by atoms with Crippen LogP contribution in [0.1, 0.15) is 36.7 Å². The molecule has 0 fully saturated rings. The molecule has 0 radical (unpaired) electrons. The third kappa shape index (κ3) is 2.58. The van der Waals surface area contributed by atoms with E-state index < -0.39 is 0 Å². The Morgan fingerprint density at radius 2 is 1.87 bits per heavy atom. The predicted octanol–water partition coefficient (Wildman–Crippen LogP) is 3.05. The fraction of sp³-hybridized carbons (Fsp3) is 0.462. The van der Waals surface area contributed by atoms with E-state index >= 15 is 0 Å². The van der Waals surface area contributed by atoms with Crippen molar-refractivity contribution in [2.24, 2.45) is 11.8 Å². The zero-order chi connectivity index (χ0) is 11.6. The second-order valence-electron chi connectivity index (χ2n) is 4.47. The summed E-state index contributed by atoms with van der Waals surface area (Å²) in [7, 11) is 0. The van der Waals surface area contributed by atoms with E-state index in [0.29, 0.717) is 5.92 Å². The van der Waals surface area contributed by atoms with Gasteiger partial charge in [0, 0.05) is 17.2 Å². The molecule has 0 aromatic heterocycles. The molecule has 2 nitrogen and oxygen atoms in total. The third-order valence-electron chi connectivity index (χ3n) is 2.97. The molecule has 0 bridgehead atoms. The molecule has 1 unspecified atom stereocenters. The Bertz CT molecular complexity index is 369. The third-order valence-corrected chi connectivity index (χ3v) is 2.97. The Balaban J connectivity index is 2.97. The molecule has 1 rings (SSSR count). The number of nitrogens with two attached hydrogens (primary N) is 1. The van der Waals surface area contributed by atoms with Crippen LogP contribution in [0.5, 0.6) is 0 Å². The Kier molecular flexibility index (Phi) is 3.51. The van der Waals surface area contributed by atoms with Crippen LogP contribution in [0.2, 0.25) is 0 Å². The van der Waals surface area contributed by atoms with Crippen molar-refractivity contribution in [1.29, 1.82) is 0 Å². The van der Waals surface area contributed by atoms with Gasteiger partial charge in [-0.2, -0.15) is 0 Å². The first-order valence-electron chi connectivity index (χ1n) is 5.33. The van der Waals surface area contributed by atoms with Gasteiger partial charge in [0.25, 0.3) is 0 Å². The number of carbonyl (C=O) groups excluding carboxylic acids is 1. The highest BCUT2D eigenvalue weighted by molar-refractivity contribution is 5.98. The Morgan fingerprint density at radius 1 is 1.27 bits per heavy atom. The van der Waals surface area contributed by atoms with E-state index in [4.69, 9.17) is 5.73 Å². The number of aryl methyl sites for hydroxylation is 1. The minimum absolute atomic E-state index is 0.0630. The van der Waals surface area contributed by atoms with E-state index in [1.807, 2.05) is 26.0 Å². The summed E-state index contributed by atoms with van der Waals surface area (Å²) in [5, 5.41) is 0. The van der Waals surface area contributed by atoms with Crippen LogP contribution in [-0.4, -0.2) is 5.78 Å². The van der Waals surface area contributed by atoms with Gasteiger partial charge in [0.05, 0.1) is 0 Å². The highest BCUT2D eigenvalue weighted by atomic mass is 16.1. The van der Waals surface area contributed by atoms with Crippen molar-refractivity contribution in [2.75, 3.05) is 5.73 Å². The van der Waals surface area contributed by atoms with Crippen molar-refractivity contribution < 1.29 is 4.79 Å². The van der Waals surface area contributed by atoms with E-state index in [1.165, 1.54) is 0 Å². The lowest BCUT2D eigenvalue weighted by Crippen LogP contribution is -2.17. The lowest BCUT2D eigenvalue weighted by Gasteiger charge is -2.14. The average Bonchev–Trinajstić information content (AvgIpc) is 2.19. The van der Waals surface area contributed by atoms with Crippen molar-refractivity contribution >= 4 is 11.5 Å². The van der Waals surface area contributed by atoms with E-state index in [1.54, 1.807) is 6.07 Å². The molecule has 0 aliphatic heterocycles. The monoisotopic (exact) mass is 205 g/mol. The van der Waals surface area contributed by atoms with Crippen molar-refractivity contribution in [1.82, 2.24) is 0 Å². The summed E-state index contributed by atoms with van der Waals surface area (Å²) >= 11 is 0. The SMILES string of the molecule is Cc1cc(C(=O)C(C)C(C)C)ccc1N. The van der Waals surface area contributed by atoms with Crippen LogP contribution in [0.15, 0.2) is 18.2 Å². The van der Waals surface area contributed by atoms with Gasteiger partial charge in [-0.25, -0.2) is 0 Å². The molecule has 0 saturated carbocycles. The molecule has 1 aromatic carbocycles. The van der Waals surface area contributed by atoms with Gasteiger partial charge in [-0.3, -0.25) is 4.79 Å². The van der Waals surface area contributed by atoms with E-state index in [-0.39, 0.29) is 11.7 Å². The second-order valence-corrected chi connectivity index (χ2v) is 4.47. The summed E-state index contributed by atoms with van der Waals surface area (Å²) < 4.78 is 0.